The highest BCUT2D eigenvalue weighted by atomic mass is 127. The fourth-order valence-corrected chi connectivity index (χ4v) is 3.73. The first-order valence-electron chi connectivity index (χ1n) is 10.2. The minimum Gasteiger partial charge on any atom is -1.00 e. The summed E-state index contributed by atoms with van der Waals surface area (Å²) >= 11 is 0. The molecule has 150 valence electrons. The standard InChI is InChI=1S/C24H36NO.HI/c1-4-6-19-25(3,20-7-5-2)21-18-24(26,22-14-10-8-11-15-22)23-16-12-9-13-17-23;/h8-17,26H,4-7,18-21H2,1-3H3;1H/q+1;/p-1. The van der Waals surface area contributed by atoms with Crippen molar-refractivity contribution >= 4 is 0 Å². The van der Waals surface area contributed by atoms with Crippen molar-refractivity contribution < 1.29 is 33.6 Å². The summed E-state index contributed by atoms with van der Waals surface area (Å²) in [5.41, 5.74) is 1.05. The van der Waals surface area contributed by atoms with Crippen LogP contribution in [0.15, 0.2) is 60.7 Å². The third-order valence-electron chi connectivity index (χ3n) is 5.62. The van der Waals surface area contributed by atoms with Crippen LogP contribution in [0, 0.1) is 0 Å². The van der Waals surface area contributed by atoms with Gasteiger partial charge in [-0.15, -0.1) is 0 Å². The van der Waals surface area contributed by atoms with Crippen LogP contribution in [0.2, 0.25) is 0 Å². The van der Waals surface area contributed by atoms with Gasteiger partial charge in [0, 0.05) is 6.42 Å². The number of rotatable bonds is 11. The number of halogens is 1. The monoisotopic (exact) mass is 481 g/mol. The zero-order valence-corrected chi connectivity index (χ0v) is 19.4. The predicted molar refractivity (Wildman–Crippen MR) is 111 cm³/mol. The van der Waals surface area contributed by atoms with Crippen molar-refractivity contribution in [1.29, 1.82) is 0 Å². The van der Waals surface area contributed by atoms with Crippen LogP contribution in [-0.2, 0) is 5.60 Å². The van der Waals surface area contributed by atoms with Crippen LogP contribution in [-0.4, -0.2) is 36.3 Å². The zero-order valence-electron chi connectivity index (χ0n) is 17.2. The maximum atomic E-state index is 11.8. The van der Waals surface area contributed by atoms with Gasteiger partial charge in [0.1, 0.15) is 5.60 Å². The second-order valence-electron chi connectivity index (χ2n) is 7.84. The molecular formula is C24H36INO. The summed E-state index contributed by atoms with van der Waals surface area (Å²) in [4.78, 5) is 0. The fraction of sp³-hybridized carbons (Fsp3) is 0.500. The number of hydrogen-bond acceptors (Lipinski definition) is 1. The molecule has 0 aliphatic carbocycles. The van der Waals surface area contributed by atoms with Crippen molar-refractivity contribution in [2.75, 3.05) is 26.7 Å². The molecule has 0 unspecified atom stereocenters. The zero-order chi connectivity index (χ0) is 18.9. The quantitative estimate of drug-likeness (QED) is 0.386. The molecule has 2 aromatic carbocycles. The van der Waals surface area contributed by atoms with Gasteiger partial charge >= 0.3 is 0 Å². The minimum atomic E-state index is -0.930. The van der Waals surface area contributed by atoms with E-state index in [1.807, 2.05) is 36.4 Å². The van der Waals surface area contributed by atoms with Crippen LogP contribution >= 0.6 is 0 Å². The molecule has 27 heavy (non-hydrogen) atoms. The second-order valence-corrected chi connectivity index (χ2v) is 7.84. The van der Waals surface area contributed by atoms with E-state index < -0.39 is 5.60 Å². The Morgan fingerprint density at radius 1 is 0.741 bits per heavy atom. The van der Waals surface area contributed by atoms with Gasteiger partial charge in [-0.25, -0.2) is 0 Å². The number of unbranched alkanes of at least 4 members (excludes halogenated alkanes) is 2. The number of aliphatic hydroxyl groups is 1. The number of quaternary nitrogens is 1. The molecule has 3 heteroatoms. The van der Waals surface area contributed by atoms with Gasteiger partial charge in [0.25, 0.3) is 0 Å². The number of nitrogens with zero attached hydrogens (tertiary/aromatic N) is 1. The molecule has 0 fully saturated rings. The highest BCUT2D eigenvalue weighted by Crippen LogP contribution is 2.34. The molecule has 1 N–H and O–H groups in total. The average molecular weight is 481 g/mol. The maximum absolute atomic E-state index is 11.8. The van der Waals surface area contributed by atoms with E-state index in [1.54, 1.807) is 0 Å². The third-order valence-corrected chi connectivity index (χ3v) is 5.62. The van der Waals surface area contributed by atoms with E-state index in [0.717, 1.165) is 28.6 Å². The van der Waals surface area contributed by atoms with Gasteiger partial charge in [-0.3, -0.25) is 0 Å². The Balaban J connectivity index is 0.00000364. The van der Waals surface area contributed by atoms with Crippen LogP contribution in [0.4, 0.5) is 0 Å². The molecule has 2 nitrogen and oxygen atoms in total. The molecule has 0 bridgehead atoms. The summed E-state index contributed by atoms with van der Waals surface area (Å²) < 4.78 is 1.05. The van der Waals surface area contributed by atoms with E-state index in [1.165, 1.54) is 38.8 Å². The number of benzene rings is 2. The molecule has 0 heterocycles. The summed E-state index contributed by atoms with van der Waals surface area (Å²) in [5, 5.41) is 11.8. The van der Waals surface area contributed by atoms with Crippen LogP contribution < -0.4 is 24.0 Å². The predicted octanol–water partition coefficient (Wildman–Crippen LogP) is 2.36. The molecule has 0 atom stereocenters. The third kappa shape index (κ3) is 6.88. The van der Waals surface area contributed by atoms with Crippen LogP contribution in [0.5, 0.6) is 0 Å². The highest BCUT2D eigenvalue weighted by Gasteiger charge is 2.34. The Kier molecular flexibility index (Phi) is 10.6. The maximum Gasteiger partial charge on any atom is 0.120 e. The Morgan fingerprint density at radius 3 is 1.52 bits per heavy atom. The molecule has 0 saturated heterocycles. The largest absolute Gasteiger partial charge is 1.00 e. The Bertz CT molecular complexity index is 582. The normalized spacial score (nSPS) is 11.9. The molecule has 0 aromatic heterocycles. The first-order chi connectivity index (χ1) is 12.5. The lowest BCUT2D eigenvalue weighted by Crippen LogP contribution is -3.00. The summed E-state index contributed by atoms with van der Waals surface area (Å²) in [7, 11) is 2.36. The summed E-state index contributed by atoms with van der Waals surface area (Å²) in [6.45, 7) is 7.88. The van der Waals surface area contributed by atoms with Gasteiger partial charge < -0.3 is 33.6 Å². The molecule has 0 saturated carbocycles. The lowest BCUT2D eigenvalue weighted by molar-refractivity contribution is -0.910. The Morgan fingerprint density at radius 2 is 1.15 bits per heavy atom. The molecule has 0 aliphatic rings. The van der Waals surface area contributed by atoms with Crippen molar-refractivity contribution in [1.82, 2.24) is 0 Å². The van der Waals surface area contributed by atoms with E-state index in [4.69, 9.17) is 0 Å². The second kappa shape index (κ2) is 11.8. The smallest absolute Gasteiger partial charge is 0.120 e. The Labute approximate surface area is 183 Å². The van der Waals surface area contributed by atoms with Crippen molar-refractivity contribution in [3.05, 3.63) is 71.8 Å². The van der Waals surface area contributed by atoms with Gasteiger partial charge in [-0.05, 0) is 24.0 Å². The molecule has 0 spiro atoms. The lowest BCUT2D eigenvalue weighted by atomic mass is 9.83. The molecule has 2 rings (SSSR count). The van der Waals surface area contributed by atoms with E-state index in [2.05, 4.69) is 45.2 Å². The van der Waals surface area contributed by atoms with Crippen molar-refractivity contribution in [2.45, 2.75) is 51.6 Å². The first-order valence-corrected chi connectivity index (χ1v) is 10.2. The van der Waals surface area contributed by atoms with Gasteiger partial charge in [0.05, 0.1) is 26.7 Å². The molecular weight excluding hydrogens is 445 g/mol. The summed E-state index contributed by atoms with van der Waals surface area (Å²) in [6, 6.07) is 20.3. The van der Waals surface area contributed by atoms with Crippen molar-refractivity contribution in [3.63, 3.8) is 0 Å². The van der Waals surface area contributed by atoms with Crippen molar-refractivity contribution in [2.24, 2.45) is 0 Å². The minimum absolute atomic E-state index is 0. The first kappa shape index (κ1) is 24.1. The van der Waals surface area contributed by atoms with E-state index in [9.17, 15) is 5.11 Å². The van der Waals surface area contributed by atoms with Crippen LogP contribution in [0.25, 0.3) is 0 Å². The van der Waals surface area contributed by atoms with E-state index in [0.29, 0.717) is 0 Å². The van der Waals surface area contributed by atoms with Crippen LogP contribution in [0.3, 0.4) is 0 Å². The average Bonchev–Trinajstić information content (AvgIpc) is 2.70. The van der Waals surface area contributed by atoms with Gasteiger partial charge in [-0.1, -0.05) is 87.4 Å². The lowest BCUT2D eigenvalue weighted by Gasteiger charge is -2.38. The van der Waals surface area contributed by atoms with Gasteiger partial charge in [0.2, 0.25) is 0 Å². The van der Waals surface area contributed by atoms with Crippen molar-refractivity contribution in [3.8, 4) is 0 Å². The van der Waals surface area contributed by atoms with Gasteiger partial charge in [0.15, 0.2) is 0 Å². The molecule has 0 aliphatic heterocycles. The fourth-order valence-electron chi connectivity index (χ4n) is 3.73. The SMILES string of the molecule is CCCC[N+](C)(CCCC)CCC(O)(c1ccccc1)c1ccccc1.[I-]. The molecule has 2 aromatic rings. The summed E-state index contributed by atoms with van der Waals surface area (Å²) in [6.07, 6.45) is 5.68. The Hall–Kier alpha value is -0.910. The topological polar surface area (TPSA) is 20.2 Å². The molecule has 0 amide bonds. The van der Waals surface area contributed by atoms with E-state index >= 15 is 0 Å². The van der Waals surface area contributed by atoms with Crippen LogP contribution in [0.1, 0.15) is 57.1 Å². The number of hydrogen-bond donors (Lipinski definition) is 1. The van der Waals surface area contributed by atoms with Gasteiger partial charge in [-0.2, -0.15) is 0 Å². The molecule has 0 radical (unpaired) electrons. The summed E-state index contributed by atoms with van der Waals surface area (Å²) in [5.74, 6) is 0. The highest BCUT2D eigenvalue weighted by molar-refractivity contribution is 5.35. The van der Waals surface area contributed by atoms with E-state index in [-0.39, 0.29) is 24.0 Å².